The third-order valence-corrected chi connectivity index (χ3v) is 1.33. The Balaban J connectivity index is 0. The fourth-order valence-electron chi connectivity index (χ4n) is 0.856. The zero-order chi connectivity index (χ0) is 5.66. The van der Waals surface area contributed by atoms with Crippen molar-refractivity contribution in [3.05, 3.63) is 31.7 Å². The fourth-order valence-corrected chi connectivity index (χ4v) is 0.856. The molecule has 0 aromatic rings. The molecule has 0 saturated heterocycles. The molecule has 1 heteroatoms. The molecule has 0 bridgehead atoms. The van der Waals surface area contributed by atoms with Crippen LogP contribution in [0.2, 0.25) is 0 Å². The van der Waals surface area contributed by atoms with Gasteiger partial charge in [0.2, 0.25) is 0 Å². The van der Waals surface area contributed by atoms with E-state index in [-0.39, 0.29) is 24.2 Å². The normalized spacial score (nSPS) is 16.0. The van der Waals surface area contributed by atoms with Crippen LogP contribution in [0.3, 0.4) is 0 Å². The molecule has 10 heavy (non-hydrogen) atoms. The topological polar surface area (TPSA) is 0 Å². The van der Waals surface area contributed by atoms with Gasteiger partial charge in [-0.25, -0.2) is 0 Å². The monoisotopic (exact) mass is 182 g/mol. The minimum atomic E-state index is 0. The van der Waals surface area contributed by atoms with Crippen LogP contribution < -0.4 is 0 Å². The Hall–Kier alpha value is -0.0135. The van der Waals surface area contributed by atoms with Crippen molar-refractivity contribution in [1.29, 1.82) is 0 Å². The molecule has 0 amide bonds. The van der Waals surface area contributed by atoms with Crippen LogP contribution in [0.25, 0.3) is 0 Å². The fraction of sp³-hybridized carbons (Fsp3) is 0.444. The third-order valence-electron chi connectivity index (χ3n) is 1.33. The Bertz CT molecular complexity index is 77.3. The maximum absolute atomic E-state index is 2.27. The molecule has 1 radical (unpaired) electrons. The largest absolute Gasteiger partial charge is 0.358 e. The van der Waals surface area contributed by atoms with E-state index in [0.717, 1.165) is 0 Å². The average molecular weight is 182 g/mol. The SMILES string of the molecule is C1=CCCC=CCC1.[CH3-].[Co]. The number of allylic oxidation sites excluding steroid dienone is 4. The molecule has 0 unspecified atom stereocenters. The third kappa shape index (κ3) is 6.11. The van der Waals surface area contributed by atoms with E-state index in [9.17, 15) is 0 Å². The van der Waals surface area contributed by atoms with Crippen molar-refractivity contribution in [2.75, 3.05) is 0 Å². The van der Waals surface area contributed by atoms with Crippen LogP contribution in [0.4, 0.5) is 0 Å². The first-order chi connectivity index (χ1) is 4.00. The van der Waals surface area contributed by atoms with Crippen LogP contribution in [-0.2, 0) is 16.8 Å². The van der Waals surface area contributed by atoms with Crippen molar-refractivity contribution < 1.29 is 16.8 Å². The zero-order valence-corrected chi connectivity index (χ0v) is 7.51. The standard InChI is InChI=1S/C8H12.CH3.Co/c1-2-4-6-8-7-5-3-1;;/h1-2,7-8H,3-6H2;1H3;/q;-1;. The smallest absolute Gasteiger partial charge is 0 e. The molecule has 0 saturated carbocycles. The van der Waals surface area contributed by atoms with E-state index in [0.29, 0.717) is 0 Å². The van der Waals surface area contributed by atoms with E-state index in [2.05, 4.69) is 24.3 Å². The second kappa shape index (κ2) is 8.99. The first-order valence-corrected chi connectivity index (χ1v) is 3.30. The van der Waals surface area contributed by atoms with Crippen molar-refractivity contribution in [2.45, 2.75) is 25.7 Å². The Morgan fingerprint density at radius 3 is 1.00 bits per heavy atom. The van der Waals surface area contributed by atoms with Gasteiger partial charge in [-0.05, 0) is 25.7 Å². The summed E-state index contributed by atoms with van der Waals surface area (Å²) in [5, 5.41) is 0. The molecule has 0 aromatic carbocycles. The minimum Gasteiger partial charge on any atom is -0.358 e. The summed E-state index contributed by atoms with van der Waals surface area (Å²) < 4.78 is 0. The predicted molar refractivity (Wildman–Crippen MR) is 43.2 cm³/mol. The van der Waals surface area contributed by atoms with Crippen molar-refractivity contribution in [3.8, 4) is 0 Å². The second-order valence-corrected chi connectivity index (χ2v) is 2.10. The van der Waals surface area contributed by atoms with Crippen molar-refractivity contribution >= 4 is 0 Å². The maximum atomic E-state index is 2.27. The van der Waals surface area contributed by atoms with Gasteiger partial charge in [0.1, 0.15) is 0 Å². The van der Waals surface area contributed by atoms with Gasteiger partial charge in [0.05, 0.1) is 0 Å². The molecule has 0 nitrogen and oxygen atoms in total. The maximum Gasteiger partial charge on any atom is 0 e. The summed E-state index contributed by atoms with van der Waals surface area (Å²) in [6.45, 7) is 0. The number of rotatable bonds is 0. The molecule has 0 heterocycles. The van der Waals surface area contributed by atoms with Crippen LogP contribution in [0.1, 0.15) is 25.7 Å². The molecular weight excluding hydrogens is 167 g/mol. The van der Waals surface area contributed by atoms with Crippen LogP contribution in [-0.4, -0.2) is 0 Å². The molecule has 1 aliphatic carbocycles. The van der Waals surface area contributed by atoms with Gasteiger partial charge in [0.25, 0.3) is 0 Å². The predicted octanol–water partition coefficient (Wildman–Crippen LogP) is 3.12. The van der Waals surface area contributed by atoms with E-state index in [1.807, 2.05) is 0 Å². The van der Waals surface area contributed by atoms with Crippen molar-refractivity contribution in [3.63, 3.8) is 0 Å². The first-order valence-electron chi connectivity index (χ1n) is 3.30. The molecule has 0 aliphatic heterocycles. The van der Waals surface area contributed by atoms with Gasteiger partial charge in [-0.1, -0.05) is 24.3 Å². The van der Waals surface area contributed by atoms with E-state index in [1.54, 1.807) is 0 Å². The van der Waals surface area contributed by atoms with Crippen molar-refractivity contribution in [1.82, 2.24) is 0 Å². The van der Waals surface area contributed by atoms with Crippen LogP contribution in [0, 0.1) is 7.43 Å². The van der Waals surface area contributed by atoms with Crippen molar-refractivity contribution in [2.24, 2.45) is 0 Å². The molecule has 0 N–H and O–H groups in total. The summed E-state index contributed by atoms with van der Waals surface area (Å²) >= 11 is 0. The quantitative estimate of drug-likeness (QED) is 0.399. The molecule has 0 aromatic heterocycles. The molecule has 1 aliphatic rings. The summed E-state index contributed by atoms with van der Waals surface area (Å²) in [5.74, 6) is 0. The van der Waals surface area contributed by atoms with Crippen LogP contribution in [0.15, 0.2) is 24.3 Å². The van der Waals surface area contributed by atoms with E-state index >= 15 is 0 Å². The summed E-state index contributed by atoms with van der Waals surface area (Å²) in [6.07, 6.45) is 14.0. The van der Waals surface area contributed by atoms with Gasteiger partial charge in [0, 0.05) is 16.8 Å². The molecule has 0 atom stereocenters. The summed E-state index contributed by atoms with van der Waals surface area (Å²) in [6, 6.07) is 0. The Morgan fingerprint density at radius 2 is 0.800 bits per heavy atom. The number of hydrogen-bond donors (Lipinski definition) is 0. The summed E-state index contributed by atoms with van der Waals surface area (Å²) in [5.41, 5.74) is 0. The van der Waals surface area contributed by atoms with Gasteiger partial charge >= 0.3 is 0 Å². The van der Waals surface area contributed by atoms with Gasteiger partial charge in [-0.3, -0.25) is 0 Å². The Kier molecular flexibility index (Phi) is 11.4. The average Bonchev–Trinajstić information content (AvgIpc) is 1.62. The number of hydrogen-bond acceptors (Lipinski definition) is 0. The van der Waals surface area contributed by atoms with Gasteiger partial charge in [-0.15, -0.1) is 0 Å². The molecule has 0 spiro atoms. The van der Waals surface area contributed by atoms with Crippen LogP contribution >= 0.6 is 0 Å². The summed E-state index contributed by atoms with van der Waals surface area (Å²) in [4.78, 5) is 0. The second-order valence-electron chi connectivity index (χ2n) is 2.10. The van der Waals surface area contributed by atoms with E-state index in [4.69, 9.17) is 0 Å². The van der Waals surface area contributed by atoms with Gasteiger partial charge in [0.15, 0.2) is 0 Å². The minimum absolute atomic E-state index is 0. The molecule has 0 fully saturated rings. The van der Waals surface area contributed by atoms with Crippen LogP contribution in [0.5, 0.6) is 0 Å². The van der Waals surface area contributed by atoms with E-state index < -0.39 is 0 Å². The first kappa shape index (κ1) is 12.6. The molecule has 61 valence electrons. The Labute approximate surface area is 74.6 Å². The zero-order valence-electron chi connectivity index (χ0n) is 6.47. The van der Waals surface area contributed by atoms with E-state index in [1.165, 1.54) is 25.7 Å². The van der Waals surface area contributed by atoms with Gasteiger partial charge < -0.3 is 7.43 Å². The molecule has 1 rings (SSSR count). The van der Waals surface area contributed by atoms with Gasteiger partial charge in [-0.2, -0.15) is 0 Å². The summed E-state index contributed by atoms with van der Waals surface area (Å²) in [7, 11) is 0. The Morgan fingerprint density at radius 1 is 0.600 bits per heavy atom. The molecular formula is C9H15Co-.